The van der Waals surface area contributed by atoms with E-state index in [-0.39, 0.29) is 17.2 Å². The van der Waals surface area contributed by atoms with Gasteiger partial charge in [0.25, 0.3) is 11.9 Å². The molecule has 20 heavy (non-hydrogen) atoms. The second-order valence-corrected chi connectivity index (χ2v) is 5.92. The van der Waals surface area contributed by atoms with Crippen molar-refractivity contribution in [2.24, 2.45) is 22.2 Å². The van der Waals surface area contributed by atoms with Crippen molar-refractivity contribution in [2.45, 2.75) is 33.6 Å². The number of hydrogen-bond donors (Lipinski definition) is 1. The number of nitrogens with two attached hydrogens (primary N) is 1. The molecule has 108 valence electrons. The van der Waals surface area contributed by atoms with Crippen molar-refractivity contribution in [1.29, 1.82) is 0 Å². The van der Waals surface area contributed by atoms with Gasteiger partial charge in [-0.1, -0.05) is 20.8 Å². The number of hydrogen-bond acceptors (Lipinski definition) is 5. The number of rotatable bonds is 4. The molecular formula is C14H21N5O. The van der Waals surface area contributed by atoms with Crippen LogP contribution in [0, 0.1) is 11.3 Å². The summed E-state index contributed by atoms with van der Waals surface area (Å²) in [5.74, 6) is 0.0476. The van der Waals surface area contributed by atoms with Crippen molar-refractivity contribution in [3.8, 4) is 0 Å². The van der Waals surface area contributed by atoms with E-state index in [1.807, 2.05) is 0 Å². The highest BCUT2D eigenvalue weighted by Crippen LogP contribution is 2.32. The van der Waals surface area contributed by atoms with E-state index in [1.54, 1.807) is 18.5 Å². The van der Waals surface area contributed by atoms with Gasteiger partial charge in [0, 0.05) is 17.8 Å². The van der Waals surface area contributed by atoms with Crippen LogP contribution in [-0.2, 0) is 4.79 Å². The van der Waals surface area contributed by atoms with Crippen LogP contribution in [-0.4, -0.2) is 28.1 Å². The van der Waals surface area contributed by atoms with Gasteiger partial charge in [0.05, 0.1) is 11.6 Å². The summed E-state index contributed by atoms with van der Waals surface area (Å²) in [5, 5.41) is 5.80. The van der Waals surface area contributed by atoms with Crippen molar-refractivity contribution in [3.05, 3.63) is 18.5 Å². The molecule has 1 amide bonds. The maximum absolute atomic E-state index is 12.6. The first-order chi connectivity index (χ1) is 9.45. The predicted molar refractivity (Wildman–Crippen MR) is 78.2 cm³/mol. The van der Waals surface area contributed by atoms with E-state index in [1.165, 1.54) is 5.01 Å². The van der Waals surface area contributed by atoms with Crippen molar-refractivity contribution in [2.75, 3.05) is 11.6 Å². The summed E-state index contributed by atoms with van der Waals surface area (Å²) in [4.78, 5) is 20.8. The molecule has 0 saturated carbocycles. The van der Waals surface area contributed by atoms with Crippen LogP contribution in [0.1, 0.15) is 33.6 Å². The van der Waals surface area contributed by atoms with Gasteiger partial charge in [-0.2, -0.15) is 10.1 Å². The lowest BCUT2D eigenvalue weighted by Crippen LogP contribution is -2.32. The molecule has 1 aliphatic heterocycles. The molecule has 6 nitrogen and oxygen atoms in total. The average molecular weight is 275 g/mol. The Morgan fingerprint density at radius 2 is 1.95 bits per heavy atom. The van der Waals surface area contributed by atoms with E-state index in [2.05, 4.69) is 35.8 Å². The number of carbonyl (C=O) groups excluding carboxylic acids is 1. The molecule has 0 spiro atoms. The third-order valence-corrected chi connectivity index (χ3v) is 3.25. The molecule has 0 aromatic carbocycles. The van der Waals surface area contributed by atoms with Crippen LogP contribution in [0.2, 0.25) is 0 Å². The normalized spacial score (nSPS) is 19.4. The van der Waals surface area contributed by atoms with Gasteiger partial charge in [0.2, 0.25) is 0 Å². The molecule has 0 saturated heterocycles. The molecule has 1 aliphatic rings. The van der Waals surface area contributed by atoms with E-state index in [0.29, 0.717) is 12.5 Å². The molecule has 0 fully saturated rings. The largest absolute Gasteiger partial charge is 0.330 e. The lowest BCUT2D eigenvalue weighted by Gasteiger charge is -2.22. The summed E-state index contributed by atoms with van der Waals surface area (Å²) in [5.41, 5.74) is 6.27. The van der Waals surface area contributed by atoms with Gasteiger partial charge < -0.3 is 5.73 Å². The minimum Gasteiger partial charge on any atom is -0.330 e. The van der Waals surface area contributed by atoms with Crippen LogP contribution in [0.5, 0.6) is 0 Å². The minimum atomic E-state index is -0.220. The highest BCUT2D eigenvalue weighted by atomic mass is 16.2. The molecule has 2 rings (SSSR count). The van der Waals surface area contributed by atoms with E-state index in [0.717, 1.165) is 18.6 Å². The topological polar surface area (TPSA) is 84.5 Å². The minimum absolute atomic E-state index is 0.0606. The standard InChI is InChI=1S/C14H21N5O/c1-14(2,3)11-10(6-4-7-15)12(20)19(18-11)13-16-8-5-9-17-13/h5,8-10H,4,6-7,15H2,1-3H3. The van der Waals surface area contributed by atoms with Gasteiger partial charge in [0.15, 0.2) is 0 Å². The zero-order chi connectivity index (χ0) is 14.8. The van der Waals surface area contributed by atoms with Crippen LogP contribution >= 0.6 is 0 Å². The quantitative estimate of drug-likeness (QED) is 0.904. The zero-order valence-corrected chi connectivity index (χ0v) is 12.2. The van der Waals surface area contributed by atoms with Gasteiger partial charge in [-0.05, 0) is 25.5 Å². The molecule has 1 unspecified atom stereocenters. The smallest absolute Gasteiger partial charge is 0.258 e. The first-order valence-corrected chi connectivity index (χ1v) is 6.85. The second-order valence-electron chi connectivity index (χ2n) is 5.92. The number of nitrogens with zero attached hydrogens (tertiary/aromatic N) is 4. The maximum Gasteiger partial charge on any atom is 0.258 e. The molecule has 0 aliphatic carbocycles. The molecule has 6 heteroatoms. The molecule has 0 bridgehead atoms. The van der Waals surface area contributed by atoms with Gasteiger partial charge in [0.1, 0.15) is 0 Å². The van der Waals surface area contributed by atoms with E-state index in [9.17, 15) is 4.79 Å². The first kappa shape index (κ1) is 14.6. The van der Waals surface area contributed by atoms with Crippen molar-refractivity contribution >= 4 is 17.6 Å². The highest BCUT2D eigenvalue weighted by Gasteiger charge is 2.41. The van der Waals surface area contributed by atoms with Gasteiger partial charge >= 0.3 is 0 Å². The third-order valence-electron chi connectivity index (χ3n) is 3.25. The third kappa shape index (κ3) is 2.85. The Morgan fingerprint density at radius 3 is 2.50 bits per heavy atom. The van der Waals surface area contributed by atoms with Crippen molar-refractivity contribution in [3.63, 3.8) is 0 Å². The monoisotopic (exact) mass is 275 g/mol. The fraction of sp³-hybridized carbons (Fsp3) is 0.571. The van der Waals surface area contributed by atoms with Crippen molar-refractivity contribution in [1.82, 2.24) is 9.97 Å². The SMILES string of the molecule is CC(C)(C)C1=NN(c2ncccn2)C(=O)C1CCCN. The Bertz CT molecular complexity index is 506. The Balaban J connectivity index is 2.33. The molecule has 1 aromatic rings. The van der Waals surface area contributed by atoms with Crippen molar-refractivity contribution < 1.29 is 4.79 Å². The number of hydrazone groups is 1. The molecule has 1 atom stereocenters. The van der Waals surface area contributed by atoms with E-state index in [4.69, 9.17) is 5.73 Å². The number of amides is 1. The number of aromatic nitrogens is 2. The number of carbonyl (C=O) groups is 1. The van der Waals surface area contributed by atoms with E-state index >= 15 is 0 Å². The van der Waals surface area contributed by atoms with Crippen LogP contribution in [0.25, 0.3) is 0 Å². The molecular weight excluding hydrogens is 254 g/mol. The van der Waals surface area contributed by atoms with E-state index < -0.39 is 0 Å². The van der Waals surface area contributed by atoms with Crippen LogP contribution in [0.15, 0.2) is 23.6 Å². The maximum atomic E-state index is 12.6. The Hall–Kier alpha value is -1.82. The summed E-state index contributed by atoms with van der Waals surface area (Å²) in [6, 6.07) is 1.71. The lowest BCUT2D eigenvalue weighted by atomic mass is 9.80. The molecule has 2 heterocycles. The summed E-state index contributed by atoms with van der Waals surface area (Å²) >= 11 is 0. The summed E-state index contributed by atoms with van der Waals surface area (Å²) in [6.45, 7) is 6.75. The average Bonchev–Trinajstić information content (AvgIpc) is 2.74. The number of anilines is 1. The van der Waals surface area contributed by atoms with Gasteiger partial charge in [-0.3, -0.25) is 4.79 Å². The summed E-state index contributed by atoms with van der Waals surface area (Å²) in [7, 11) is 0. The van der Waals surface area contributed by atoms with Gasteiger partial charge in [-0.15, -0.1) is 0 Å². The highest BCUT2D eigenvalue weighted by molar-refractivity contribution is 6.16. The lowest BCUT2D eigenvalue weighted by molar-refractivity contribution is -0.120. The van der Waals surface area contributed by atoms with Crippen LogP contribution < -0.4 is 10.7 Å². The summed E-state index contributed by atoms with van der Waals surface area (Å²) < 4.78 is 0. The fourth-order valence-corrected chi connectivity index (χ4v) is 2.29. The van der Waals surface area contributed by atoms with Gasteiger partial charge in [-0.25, -0.2) is 9.97 Å². The van der Waals surface area contributed by atoms with Crippen LogP contribution in [0.3, 0.4) is 0 Å². The second kappa shape index (κ2) is 5.66. The first-order valence-electron chi connectivity index (χ1n) is 6.85. The predicted octanol–water partition coefficient (Wildman–Crippen LogP) is 1.58. The zero-order valence-electron chi connectivity index (χ0n) is 12.2. The Kier molecular flexibility index (Phi) is 4.13. The molecule has 0 radical (unpaired) electrons. The summed E-state index contributed by atoms with van der Waals surface area (Å²) in [6.07, 6.45) is 4.73. The molecule has 2 N–H and O–H groups in total. The Labute approximate surface area is 119 Å². The molecule has 1 aromatic heterocycles. The van der Waals surface area contributed by atoms with Crippen LogP contribution in [0.4, 0.5) is 5.95 Å². The fourth-order valence-electron chi connectivity index (χ4n) is 2.29. The Morgan fingerprint density at radius 1 is 1.30 bits per heavy atom.